The molecule has 0 aliphatic carbocycles. The van der Waals surface area contributed by atoms with Crippen molar-refractivity contribution in [2.75, 3.05) is 0 Å². The summed E-state index contributed by atoms with van der Waals surface area (Å²) in [6.45, 7) is 0.939. The van der Waals surface area contributed by atoms with Gasteiger partial charge in [0.2, 0.25) is 5.89 Å². The Morgan fingerprint density at radius 2 is 2.03 bits per heavy atom. The number of oxazole rings is 1. The highest BCUT2D eigenvalue weighted by atomic mass is 79.9. The quantitative estimate of drug-likeness (QED) is 0.304. The van der Waals surface area contributed by atoms with Gasteiger partial charge in [-0.1, -0.05) is 39.3 Å². The molecule has 2 heterocycles. The molecule has 2 aromatic heterocycles. The highest BCUT2D eigenvalue weighted by molar-refractivity contribution is 9.10. The number of nitrogens with zero attached hydrogens (tertiary/aromatic N) is 4. The van der Waals surface area contributed by atoms with E-state index in [-0.39, 0.29) is 12.4 Å². The molecule has 0 saturated heterocycles. The third-order valence-electron chi connectivity index (χ3n) is 4.93. The van der Waals surface area contributed by atoms with Crippen molar-refractivity contribution >= 4 is 28.1 Å². The van der Waals surface area contributed by atoms with E-state index in [0.29, 0.717) is 40.3 Å². The lowest BCUT2D eigenvalue weighted by atomic mass is 10.0. The molecule has 2 aromatic carbocycles. The molecule has 1 atom stereocenters. The van der Waals surface area contributed by atoms with E-state index in [4.69, 9.17) is 9.15 Å². The zero-order valence-corrected chi connectivity index (χ0v) is 19.2. The first-order valence-electron chi connectivity index (χ1n) is 10.4. The first-order valence-corrected chi connectivity index (χ1v) is 11.2. The molecule has 0 fully saturated rings. The second-order valence-corrected chi connectivity index (χ2v) is 8.27. The number of hydrogen-bond donors (Lipinski definition) is 1. The van der Waals surface area contributed by atoms with E-state index in [1.54, 1.807) is 41.4 Å². The molecule has 0 bridgehead atoms. The van der Waals surface area contributed by atoms with E-state index >= 15 is 0 Å². The maximum Gasteiger partial charge on any atom is 0.218 e. The summed E-state index contributed by atoms with van der Waals surface area (Å²) in [5, 5.41) is 18.0. The predicted molar refractivity (Wildman–Crippen MR) is 125 cm³/mol. The fourth-order valence-corrected chi connectivity index (χ4v) is 3.51. The summed E-state index contributed by atoms with van der Waals surface area (Å²) < 4.78 is 27.5. The number of halogens is 2. The monoisotopic (exact) mass is 512 g/mol. The van der Waals surface area contributed by atoms with Crippen molar-refractivity contribution < 1.29 is 18.7 Å². The first kappa shape index (κ1) is 22.9. The molecule has 1 N–H and O–H groups in total. The lowest BCUT2D eigenvalue weighted by Crippen LogP contribution is -2.03. The Morgan fingerprint density at radius 3 is 2.79 bits per heavy atom. The topological polar surface area (TPSA) is 86.2 Å². The van der Waals surface area contributed by atoms with Crippen LogP contribution in [0.25, 0.3) is 12.2 Å². The lowest BCUT2D eigenvalue weighted by Gasteiger charge is -2.12. The van der Waals surface area contributed by atoms with Crippen molar-refractivity contribution in [3.63, 3.8) is 0 Å². The van der Waals surface area contributed by atoms with Gasteiger partial charge in [-0.25, -0.2) is 9.37 Å². The van der Waals surface area contributed by atoms with Crippen LogP contribution < -0.4 is 4.74 Å². The second kappa shape index (κ2) is 11.0. The molecule has 0 amide bonds. The Balaban J connectivity index is 1.25. The summed E-state index contributed by atoms with van der Waals surface area (Å²) in [6.07, 6.45) is 9.02. The number of aryl methyl sites for hydroxylation is 1. The fourth-order valence-electron chi connectivity index (χ4n) is 3.17. The standard InChI is InChI=1S/C24H22BrFN4O3/c25-19-7-3-17(22(26)14-19)6-10-24-28-20(16-33-24)15-32-21-8-4-18(5-9-21)23(31)2-1-12-30-13-11-27-29-30/h3-11,13-14,16,23,31H,1-2,12,15H2/b10-6+. The number of hydrogen-bond acceptors (Lipinski definition) is 6. The Kier molecular flexibility index (Phi) is 7.64. The summed E-state index contributed by atoms with van der Waals surface area (Å²) in [5.74, 6) is 0.686. The van der Waals surface area contributed by atoms with Gasteiger partial charge in [0, 0.05) is 28.9 Å². The minimum absolute atomic E-state index is 0.226. The van der Waals surface area contributed by atoms with E-state index in [9.17, 15) is 9.50 Å². The van der Waals surface area contributed by atoms with Gasteiger partial charge in [0.1, 0.15) is 30.1 Å². The summed E-state index contributed by atoms with van der Waals surface area (Å²) in [5.41, 5.74) is 1.88. The Bertz CT molecular complexity index is 1190. The normalized spacial score (nSPS) is 12.3. The van der Waals surface area contributed by atoms with Gasteiger partial charge in [0.25, 0.3) is 0 Å². The molecule has 33 heavy (non-hydrogen) atoms. The molecule has 0 aliphatic heterocycles. The third-order valence-corrected chi connectivity index (χ3v) is 5.42. The fraction of sp³-hybridized carbons (Fsp3) is 0.208. The third kappa shape index (κ3) is 6.59. The molecule has 9 heteroatoms. The van der Waals surface area contributed by atoms with Crippen molar-refractivity contribution in [3.8, 4) is 5.75 Å². The van der Waals surface area contributed by atoms with Gasteiger partial charge >= 0.3 is 0 Å². The highest BCUT2D eigenvalue weighted by Crippen LogP contribution is 2.22. The number of rotatable bonds is 10. The molecule has 0 radical (unpaired) electrons. The maximum absolute atomic E-state index is 13.9. The Hall–Kier alpha value is -3.30. The van der Waals surface area contributed by atoms with E-state index in [1.165, 1.54) is 12.3 Å². The molecule has 0 spiro atoms. The van der Waals surface area contributed by atoms with E-state index in [2.05, 4.69) is 31.2 Å². The van der Waals surface area contributed by atoms with Crippen molar-refractivity contribution in [2.24, 2.45) is 0 Å². The first-order chi connectivity index (χ1) is 16.1. The molecule has 1 unspecified atom stereocenters. The number of aliphatic hydroxyl groups is 1. The summed E-state index contributed by atoms with van der Waals surface area (Å²) in [4.78, 5) is 4.33. The molecule has 0 aliphatic rings. The largest absolute Gasteiger partial charge is 0.487 e. The van der Waals surface area contributed by atoms with E-state index in [1.807, 2.05) is 24.3 Å². The number of aromatic nitrogens is 4. The maximum atomic E-state index is 13.9. The van der Waals surface area contributed by atoms with Gasteiger partial charge in [-0.3, -0.25) is 4.68 Å². The number of aliphatic hydroxyl groups excluding tert-OH is 1. The van der Waals surface area contributed by atoms with Gasteiger partial charge in [-0.15, -0.1) is 5.10 Å². The van der Waals surface area contributed by atoms with Crippen LogP contribution in [0.1, 0.15) is 41.7 Å². The van der Waals surface area contributed by atoms with Gasteiger partial charge in [-0.05, 0) is 48.7 Å². The molecular weight excluding hydrogens is 491 g/mol. The molecular formula is C24H22BrFN4O3. The summed E-state index contributed by atoms with van der Waals surface area (Å²) in [6, 6.07) is 12.2. The minimum Gasteiger partial charge on any atom is -0.487 e. The zero-order chi connectivity index (χ0) is 23.0. The van der Waals surface area contributed by atoms with Crippen molar-refractivity contribution in [1.82, 2.24) is 20.0 Å². The average Bonchev–Trinajstić information content (AvgIpc) is 3.50. The van der Waals surface area contributed by atoms with Crippen LogP contribution in [0.15, 0.2) is 70.0 Å². The van der Waals surface area contributed by atoms with Gasteiger partial charge < -0.3 is 14.3 Å². The predicted octanol–water partition coefficient (Wildman–Crippen LogP) is 5.43. The van der Waals surface area contributed by atoms with Crippen LogP contribution in [-0.4, -0.2) is 25.1 Å². The molecule has 0 saturated carbocycles. The second-order valence-electron chi connectivity index (χ2n) is 7.36. The van der Waals surface area contributed by atoms with Gasteiger partial charge in [-0.2, -0.15) is 0 Å². The molecule has 4 rings (SSSR count). The van der Waals surface area contributed by atoms with Crippen molar-refractivity contribution in [3.05, 3.63) is 94.1 Å². The van der Waals surface area contributed by atoms with Crippen LogP contribution in [0, 0.1) is 5.82 Å². The minimum atomic E-state index is -0.553. The molecule has 7 nitrogen and oxygen atoms in total. The lowest BCUT2D eigenvalue weighted by molar-refractivity contribution is 0.162. The molecule has 4 aromatic rings. The number of benzene rings is 2. The van der Waals surface area contributed by atoms with Gasteiger partial charge in [0.05, 0.1) is 12.3 Å². The summed E-state index contributed by atoms with van der Waals surface area (Å²) >= 11 is 3.23. The summed E-state index contributed by atoms with van der Waals surface area (Å²) in [7, 11) is 0. The number of ether oxygens (including phenoxy) is 1. The van der Waals surface area contributed by atoms with Crippen LogP contribution >= 0.6 is 15.9 Å². The molecule has 170 valence electrons. The van der Waals surface area contributed by atoms with Gasteiger partial charge in [0.15, 0.2) is 0 Å². The van der Waals surface area contributed by atoms with Crippen LogP contribution in [0.5, 0.6) is 5.75 Å². The SMILES string of the molecule is OC(CCCn1ccnn1)c1ccc(OCc2coc(/C=C/c3ccc(Br)cc3F)n2)cc1. The van der Waals surface area contributed by atoms with Crippen LogP contribution in [0.3, 0.4) is 0 Å². The van der Waals surface area contributed by atoms with Crippen LogP contribution in [-0.2, 0) is 13.2 Å². The Labute approximate surface area is 198 Å². The average molecular weight is 513 g/mol. The van der Waals surface area contributed by atoms with Crippen molar-refractivity contribution in [1.29, 1.82) is 0 Å². The highest BCUT2D eigenvalue weighted by Gasteiger charge is 2.09. The Morgan fingerprint density at radius 1 is 1.18 bits per heavy atom. The smallest absolute Gasteiger partial charge is 0.218 e. The zero-order valence-electron chi connectivity index (χ0n) is 17.6. The van der Waals surface area contributed by atoms with Crippen molar-refractivity contribution in [2.45, 2.75) is 32.1 Å². The van der Waals surface area contributed by atoms with E-state index in [0.717, 1.165) is 12.0 Å². The van der Waals surface area contributed by atoms with E-state index < -0.39 is 6.10 Å². The van der Waals surface area contributed by atoms with Crippen LogP contribution in [0.2, 0.25) is 0 Å². The van der Waals surface area contributed by atoms with Crippen LogP contribution in [0.4, 0.5) is 4.39 Å².